The van der Waals surface area contributed by atoms with Gasteiger partial charge >= 0.3 is 0 Å². The molecule has 0 atom stereocenters. The highest BCUT2D eigenvalue weighted by atomic mass is 35.5. The molecule has 1 amide bonds. The van der Waals surface area contributed by atoms with Crippen molar-refractivity contribution in [3.05, 3.63) is 87.8 Å². The maximum Gasteiger partial charge on any atom is 0.259 e. The minimum absolute atomic E-state index is 0.139. The highest BCUT2D eigenvalue weighted by molar-refractivity contribution is 6.30. The number of benzene rings is 2. The highest BCUT2D eigenvalue weighted by Gasteiger charge is 2.13. The van der Waals surface area contributed by atoms with E-state index in [2.05, 4.69) is 22.4 Å². The molecular weight excluding hydrogens is 416 g/mol. The summed E-state index contributed by atoms with van der Waals surface area (Å²) in [6.07, 6.45) is 2.45. The van der Waals surface area contributed by atoms with Gasteiger partial charge in [-0.3, -0.25) is 9.59 Å². The van der Waals surface area contributed by atoms with Gasteiger partial charge in [-0.15, -0.1) is 0 Å². The van der Waals surface area contributed by atoms with Crippen molar-refractivity contribution in [3.63, 3.8) is 0 Å². The third-order valence-corrected chi connectivity index (χ3v) is 4.97. The Labute approximate surface area is 183 Å². The van der Waals surface area contributed by atoms with Crippen molar-refractivity contribution in [2.24, 2.45) is 0 Å². The van der Waals surface area contributed by atoms with Gasteiger partial charge in [0.25, 0.3) is 11.4 Å². The molecule has 7 nitrogen and oxygen atoms in total. The van der Waals surface area contributed by atoms with Crippen molar-refractivity contribution in [3.8, 4) is 22.8 Å². The number of anilines is 1. The van der Waals surface area contributed by atoms with Crippen LogP contribution in [0.2, 0.25) is 5.02 Å². The first-order chi connectivity index (χ1) is 15.0. The van der Waals surface area contributed by atoms with Gasteiger partial charge in [-0.1, -0.05) is 35.8 Å². The SMILES string of the molecule is CCc1ccc(NC(=O)Cn2cc(-c3nc(-c4ccc(Cl)cc4)no3)ccc2=O)cc1. The van der Waals surface area contributed by atoms with Crippen molar-refractivity contribution in [2.75, 3.05) is 5.32 Å². The Morgan fingerprint density at radius 3 is 2.45 bits per heavy atom. The molecule has 0 bridgehead atoms. The van der Waals surface area contributed by atoms with E-state index >= 15 is 0 Å². The predicted octanol–water partition coefficient (Wildman–Crippen LogP) is 4.42. The van der Waals surface area contributed by atoms with Crippen LogP contribution < -0.4 is 10.9 Å². The highest BCUT2D eigenvalue weighted by Crippen LogP contribution is 2.22. The van der Waals surface area contributed by atoms with Crippen molar-refractivity contribution in [2.45, 2.75) is 19.9 Å². The molecule has 8 heteroatoms. The number of amides is 1. The molecule has 0 spiro atoms. The minimum atomic E-state index is -0.309. The standard InChI is InChI=1S/C23H19ClN4O3/c1-2-15-3-10-19(11-4-15)25-20(29)14-28-13-17(7-12-21(28)30)23-26-22(27-31-23)16-5-8-18(24)9-6-16/h3-13H,2,14H2,1H3,(H,25,29). The maximum atomic E-state index is 12.4. The molecule has 0 aliphatic rings. The molecule has 1 N–H and O–H groups in total. The molecule has 0 saturated heterocycles. The van der Waals surface area contributed by atoms with Crippen LogP contribution in [0.15, 0.2) is 76.2 Å². The molecule has 0 aliphatic carbocycles. The van der Waals surface area contributed by atoms with Crippen LogP contribution in [0.5, 0.6) is 0 Å². The summed E-state index contributed by atoms with van der Waals surface area (Å²) < 4.78 is 6.65. The van der Waals surface area contributed by atoms with Crippen LogP contribution in [0.1, 0.15) is 12.5 Å². The van der Waals surface area contributed by atoms with Crippen LogP contribution in [0.4, 0.5) is 5.69 Å². The first kappa shape index (κ1) is 20.6. The predicted molar refractivity (Wildman–Crippen MR) is 119 cm³/mol. The number of halogens is 1. The lowest BCUT2D eigenvalue weighted by molar-refractivity contribution is -0.116. The normalized spacial score (nSPS) is 10.8. The average molecular weight is 435 g/mol. The quantitative estimate of drug-likeness (QED) is 0.485. The molecule has 0 radical (unpaired) electrons. The molecule has 2 aromatic heterocycles. The Kier molecular flexibility index (Phi) is 5.95. The molecule has 0 unspecified atom stereocenters. The lowest BCUT2D eigenvalue weighted by Gasteiger charge is -2.08. The lowest BCUT2D eigenvalue weighted by atomic mass is 10.1. The van der Waals surface area contributed by atoms with Gasteiger partial charge in [0, 0.05) is 28.5 Å². The Bertz CT molecular complexity index is 1260. The van der Waals surface area contributed by atoms with Crippen LogP contribution in [0.3, 0.4) is 0 Å². The number of pyridine rings is 1. The molecule has 0 saturated carbocycles. The zero-order chi connectivity index (χ0) is 21.8. The number of rotatable bonds is 6. The summed E-state index contributed by atoms with van der Waals surface area (Å²) in [5.41, 5.74) is 2.83. The first-order valence-corrected chi connectivity index (χ1v) is 10.1. The van der Waals surface area contributed by atoms with Gasteiger partial charge in [-0.25, -0.2) is 0 Å². The molecule has 4 aromatic rings. The third kappa shape index (κ3) is 4.90. The molecule has 31 heavy (non-hydrogen) atoms. The number of carbonyl (C=O) groups is 1. The number of hydrogen-bond donors (Lipinski definition) is 1. The zero-order valence-corrected chi connectivity index (χ0v) is 17.5. The Hall–Kier alpha value is -3.71. The summed E-state index contributed by atoms with van der Waals surface area (Å²) in [6, 6.07) is 17.6. The van der Waals surface area contributed by atoms with E-state index in [-0.39, 0.29) is 23.9 Å². The average Bonchev–Trinajstić information content (AvgIpc) is 3.26. The summed E-state index contributed by atoms with van der Waals surface area (Å²) in [5, 5.41) is 7.39. The largest absolute Gasteiger partial charge is 0.334 e. The van der Waals surface area contributed by atoms with Crippen LogP contribution in [0.25, 0.3) is 22.8 Å². The second kappa shape index (κ2) is 8.97. The number of carbonyl (C=O) groups excluding carboxylic acids is 1. The topological polar surface area (TPSA) is 90.0 Å². The van der Waals surface area contributed by atoms with Crippen molar-refractivity contribution in [1.29, 1.82) is 0 Å². The fourth-order valence-corrected chi connectivity index (χ4v) is 3.14. The van der Waals surface area contributed by atoms with Gasteiger partial charge in [0.05, 0.1) is 5.56 Å². The fourth-order valence-electron chi connectivity index (χ4n) is 3.02. The van der Waals surface area contributed by atoms with E-state index in [4.69, 9.17) is 16.1 Å². The van der Waals surface area contributed by atoms with Gasteiger partial charge in [0.2, 0.25) is 11.7 Å². The van der Waals surface area contributed by atoms with Gasteiger partial charge < -0.3 is 14.4 Å². The van der Waals surface area contributed by atoms with Crippen molar-refractivity contribution < 1.29 is 9.32 Å². The van der Waals surface area contributed by atoms with E-state index in [0.717, 1.165) is 12.0 Å². The lowest BCUT2D eigenvalue weighted by Crippen LogP contribution is -2.26. The van der Waals surface area contributed by atoms with Crippen LogP contribution in [-0.2, 0) is 17.8 Å². The van der Waals surface area contributed by atoms with Gasteiger partial charge in [0.15, 0.2) is 0 Å². The van der Waals surface area contributed by atoms with E-state index in [1.807, 2.05) is 24.3 Å². The Balaban J connectivity index is 1.51. The summed E-state index contributed by atoms with van der Waals surface area (Å²) in [6.45, 7) is 1.93. The molecule has 0 fully saturated rings. The smallest absolute Gasteiger partial charge is 0.259 e. The van der Waals surface area contributed by atoms with Crippen LogP contribution in [0, 0.1) is 0 Å². The number of aryl methyl sites for hydroxylation is 1. The van der Waals surface area contributed by atoms with E-state index in [0.29, 0.717) is 22.1 Å². The minimum Gasteiger partial charge on any atom is -0.334 e. The molecule has 4 rings (SSSR count). The summed E-state index contributed by atoms with van der Waals surface area (Å²) in [5.74, 6) is 0.336. The third-order valence-electron chi connectivity index (χ3n) is 4.72. The number of aromatic nitrogens is 3. The van der Waals surface area contributed by atoms with Crippen LogP contribution >= 0.6 is 11.6 Å². The monoisotopic (exact) mass is 434 g/mol. The Morgan fingerprint density at radius 2 is 1.74 bits per heavy atom. The van der Waals surface area contributed by atoms with E-state index in [1.165, 1.54) is 22.4 Å². The van der Waals surface area contributed by atoms with E-state index in [9.17, 15) is 9.59 Å². The van der Waals surface area contributed by atoms with Crippen LogP contribution in [-0.4, -0.2) is 20.6 Å². The maximum absolute atomic E-state index is 12.4. The number of hydrogen-bond acceptors (Lipinski definition) is 5. The number of nitrogens with one attached hydrogen (secondary N) is 1. The second-order valence-electron chi connectivity index (χ2n) is 6.91. The van der Waals surface area contributed by atoms with Crippen molar-refractivity contribution >= 4 is 23.2 Å². The van der Waals surface area contributed by atoms with Gasteiger partial charge in [-0.2, -0.15) is 4.98 Å². The number of nitrogens with zero attached hydrogens (tertiary/aromatic N) is 3. The van der Waals surface area contributed by atoms with Crippen molar-refractivity contribution in [1.82, 2.24) is 14.7 Å². The molecule has 0 aliphatic heterocycles. The summed E-state index contributed by atoms with van der Waals surface area (Å²) >= 11 is 5.91. The summed E-state index contributed by atoms with van der Waals surface area (Å²) in [4.78, 5) is 29.0. The Morgan fingerprint density at radius 1 is 1.03 bits per heavy atom. The van der Waals surface area contributed by atoms with E-state index < -0.39 is 0 Å². The molecule has 2 aromatic carbocycles. The van der Waals surface area contributed by atoms with Gasteiger partial charge in [0.1, 0.15) is 6.54 Å². The van der Waals surface area contributed by atoms with E-state index in [1.54, 1.807) is 30.3 Å². The molecular formula is C23H19ClN4O3. The summed E-state index contributed by atoms with van der Waals surface area (Å²) in [7, 11) is 0. The zero-order valence-electron chi connectivity index (χ0n) is 16.7. The first-order valence-electron chi connectivity index (χ1n) is 9.71. The molecule has 2 heterocycles. The van der Waals surface area contributed by atoms with Gasteiger partial charge in [-0.05, 0) is 54.4 Å². The second-order valence-corrected chi connectivity index (χ2v) is 7.35. The fraction of sp³-hybridized carbons (Fsp3) is 0.130. The molecule has 156 valence electrons.